The van der Waals surface area contributed by atoms with Gasteiger partial charge < -0.3 is 10.1 Å². The molecule has 1 aliphatic rings. The van der Waals surface area contributed by atoms with E-state index < -0.39 is 0 Å². The van der Waals surface area contributed by atoms with Gasteiger partial charge in [-0.05, 0) is 30.7 Å². The third-order valence-corrected chi connectivity index (χ3v) is 6.01. The van der Waals surface area contributed by atoms with Gasteiger partial charge in [0.2, 0.25) is 0 Å². The number of carbonyl (C=O) groups is 1. The molecule has 3 rings (SSSR count). The van der Waals surface area contributed by atoms with Gasteiger partial charge in [-0.1, -0.05) is 25.3 Å². The molecule has 6 heteroatoms. The van der Waals surface area contributed by atoms with E-state index in [0.717, 1.165) is 22.9 Å². The summed E-state index contributed by atoms with van der Waals surface area (Å²) in [6, 6.07) is 4.02. The van der Waals surface area contributed by atoms with Crippen molar-refractivity contribution in [2.24, 2.45) is 0 Å². The fourth-order valence-electron chi connectivity index (χ4n) is 2.74. The van der Waals surface area contributed by atoms with E-state index >= 15 is 0 Å². The predicted octanol–water partition coefficient (Wildman–Crippen LogP) is 4.34. The molecule has 0 saturated heterocycles. The van der Waals surface area contributed by atoms with Gasteiger partial charge in [-0.25, -0.2) is 4.98 Å². The molecule has 0 bridgehead atoms. The Hall–Kier alpha value is -1.24. The van der Waals surface area contributed by atoms with Crippen molar-refractivity contribution in [3.05, 3.63) is 28.6 Å². The molecule has 0 radical (unpaired) electrons. The van der Waals surface area contributed by atoms with Crippen LogP contribution in [0.4, 0.5) is 0 Å². The second kappa shape index (κ2) is 8.57. The number of ether oxygens (including phenoxy) is 1. The van der Waals surface area contributed by atoms with Gasteiger partial charge >= 0.3 is 0 Å². The monoisotopic (exact) mass is 350 g/mol. The van der Waals surface area contributed by atoms with E-state index in [0.29, 0.717) is 17.5 Å². The Morgan fingerprint density at radius 3 is 3.00 bits per heavy atom. The zero-order valence-electron chi connectivity index (χ0n) is 13.1. The molecule has 0 atom stereocenters. The van der Waals surface area contributed by atoms with Gasteiger partial charge in [-0.15, -0.1) is 22.7 Å². The zero-order chi connectivity index (χ0) is 15.9. The van der Waals surface area contributed by atoms with Crippen LogP contribution in [0.15, 0.2) is 23.7 Å². The first-order valence-electron chi connectivity index (χ1n) is 8.22. The maximum atomic E-state index is 12.1. The maximum absolute atomic E-state index is 12.1. The predicted molar refractivity (Wildman–Crippen MR) is 95.2 cm³/mol. The normalized spacial score (nSPS) is 15.7. The molecule has 4 nitrogen and oxygen atoms in total. The highest BCUT2D eigenvalue weighted by Gasteiger charge is 2.14. The number of nitrogens with zero attached hydrogens (tertiary/aromatic N) is 1. The summed E-state index contributed by atoms with van der Waals surface area (Å²) >= 11 is 3.08. The lowest BCUT2D eigenvalue weighted by Crippen LogP contribution is -2.25. The number of nitrogens with one attached hydrogen (secondary N) is 1. The molecule has 2 aromatic heterocycles. The Labute approximate surface area is 144 Å². The Balaban J connectivity index is 1.36. The largest absolute Gasteiger partial charge is 0.378 e. The second-order valence-corrected chi connectivity index (χ2v) is 7.73. The summed E-state index contributed by atoms with van der Waals surface area (Å²) in [5, 5.41) is 5.87. The van der Waals surface area contributed by atoms with E-state index in [4.69, 9.17) is 4.74 Å². The van der Waals surface area contributed by atoms with E-state index in [1.807, 2.05) is 17.5 Å². The minimum atomic E-state index is -0.0389. The fourth-order valence-corrected chi connectivity index (χ4v) is 4.37. The molecule has 0 spiro atoms. The molecule has 124 valence electrons. The van der Waals surface area contributed by atoms with Crippen LogP contribution in [0.25, 0.3) is 9.88 Å². The van der Waals surface area contributed by atoms with Crippen LogP contribution in [0.3, 0.4) is 0 Å². The van der Waals surface area contributed by atoms with E-state index in [2.05, 4.69) is 10.3 Å². The van der Waals surface area contributed by atoms with Crippen molar-refractivity contribution in [3.8, 4) is 9.88 Å². The minimum Gasteiger partial charge on any atom is -0.378 e. The molecule has 0 unspecified atom stereocenters. The van der Waals surface area contributed by atoms with Gasteiger partial charge in [-0.3, -0.25) is 4.79 Å². The van der Waals surface area contributed by atoms with Gasteiger partial charge in [0, 0.05) is 13.2 Å². The van der Waals surface area contributed by atoms with Gasteiger partial charge in [0.05, 0.1) is 17.2 Å². The molecule has 1 N–H and O–H groups in total. The topological polar surface area (TPSA) is 51.2 Å². The van der Waals surface area contributed by atoms with Crippen LogP contribution in [0.5, 0.6) is 0 Å². The number of hydrogen-bond acceptors (Lipinski definition) is 5. The number of thiophene rings is 1. The highest BCUT2D eigenvalue weighted by atomic mass is 32.1. The molecule has 0 aromatic carbocycles. The quantitative estimate of drug-likeness (QED) is 0.756. The number of amides is 1. The maximum Gasteiger partial charge on any atom is 0.263 e. The molecule has 2 heterocycles. The van der Waals surface area contributed by atoms with Crippen molar-refractivity contribution in [2.75, 3.05) is 13.2 Å². The number of thiazole rings is 1. The molecular formula is C17H22N2O2S2. The van der Waals surface area contributed by atoms with Crippen LogP contribution in [-0.4, -0.2) is 30.1 Å². The first kappa shape index (κ1) is 16.6. The van der Waals surface area contributed by atoms with Crippen LogP contribution in [0.1, 0.15) is 48.2 Å². The highest BCUT2D eigenvalue weighted by molar-refractivity contribution is 7.21. The fraction of sp³-hybridized carbons (Fsp3) is 0.529. The molecule has 1 amide bonds. The standard InChI is InChI=1S/C17H22N2O2S2/c20-16(15-12-19-17(23-15)14-8-4-11-22-14)18-9-5-10-21-13-6-2-1-3-7-13/h4,8,11-13H,1-3,5-7,9-10H2,(H,18,20). The van der Waals surface area contributed by atoms with Crippen LogP contribution in [-0.2, 0) is 4.74 Å². The lowest BCUT2D eigenvalue weighted by molar-refractivity contribution is 0.0273. The number of hydrogen-bond donors (Lipinski definition) is 1. The molecule has 1 saturated carbocycles. The van der Waals surface area contributed by atoms with Gasteiger partial charge in [-0.2, -0.15) is 0 Å². The Morgan fingerprint density at radius 2 is 2.22 bits per heavy atom. The SMILES string of the molecule is O=C(NCCCOC1CCCCC1)c1cnc(-c2cccs2)s1. The number of rotatable bonds is 7. The molecule has 2 aromatic rings. The van der Waals surface area contributed by atoms with E-state index in [1.54, 1.807) is 17.5 Å². The Morgan fingerprint density at radius 1 is 1.35 bits per heavy atom. The summed E-state index contributed by atoms with van der Waals surface area (Å²) in [6.07, 6.45) is 9.27. The summed E-state index contributed by atoms with van der Waals surface area (Å²) in [7, 11) is 0. The summed E-state index contributed by atoms with van der Waals surface area (Å²) in [6.45, 7) is 1.38. The summed E-state index contributed by atoms with van der Waals surface area (Å²) < 4.78 is 5.86. The lowest BCUT2D eigenvalue weighted by atomic mass is 9.98. The van der Waals surface area contributed by atoms with Crippen molar-refractivity contribution >= 4 is 28.6 Å². The van der Waals surface area contributed by atoms with Crippen molar-refractivity contribution in [2.45, 2.75) is 44.6 Å². The van der Waals surface area contributed by atoms with E-state index in [-0.39, 0.29) is 5.91 Å². The van der Waals surface area contributed by atoms with E-state index in [9.17, 15) is 4.79 Å². The minimum absolute atomic E-state index is 0.0389. The van der Waals surface area contributed by atoms with Crippen molar-refractivity contribution in [1.82, 2.24) is 10.3 Å². The van der Waals surface area contributed by atoms with Crippen LogP contribution in [0, 0.1) is 0 Å². The zero-order valence-corrected chi connectivity index (χ0v) is 14.8. The van der Waals surface area contributed by atoms with Crippen molar-refractivity contribution in [1.29, 1.82) is 0 Å². The van der Waals surface area contributed by atoms with Crippen molar-refractivity contribution < 1.29 is 9.53 Å². The van der Waals surface area contributed by atoms with Crippen LogP contribution in [0.2, 0.25) is 0 Å². The number of aromatic nitrogens is 1. The first-order valence-corrected chi connectivity index (χ1v) is 9.92. The smallest absolute Gasteiger partial charge is 0.263 e. The van der Waals surface area contributed by atoms with Gasteiger partial charge in [0.15, 0.2) is 0 Å². The third-order valence-electron chi connectivity index (χ3n) is 3.97. The second-order valence-electron chi connectivity index (χ2n) is 5.75. The number of carbonyl (C=O) groups excluding carboxylic acids is 1. The average Bonchev–Trinajstić information content (AvgIpc) is 3.26. The molecule has 1 fully saturated rings. The summed E-state index contributed by atoms with van der Waals surface area (Å²) in [4.78, 5) is 18.2. The Bertz CT molecular complexity index is 604. The van der Waals surface area contributed by atoms with Gasteiger partial charge in [0.1, 0.15) is 9.88 Å². The van der Waals surface area contributed by atoms with E-state index in [1.165, 1.54) is 43.4 Å². The molecular weight excluding hydrogens is 328 g/mol. The summed E-state index contributed by atoms with van der Waals surface area (Å²) in [5.41, 5.74) is 0. The summed E-state index contributed by atoms with van der Waals surface area (Å²) in [5.74, 6) is -0.0389. The Kier molecular flexibility index (Phi) is 6.19. The van der Waals surface area contributed by atoms with Crippen molar-refractivity contribution in [3.63, 3.8) is 0 Å². The first-order chi connectivity index (χ1) is 11.3. The molecule has 23 heavy (non-hydrogen) atoms. The lowest BCUT2D eigenvalue weighted by Gasteiger charge is -2.21. The third kappa shape index (κ3) is 4.86. The van der Waals surface area contributed by atoms with Crippen LogP contribution < -0.4 is 5.32 Å². The van der Waals surface area contributed by atoms with Gasteiger partial charge in [0.25, 0.3) is 5.91 Å². The molecule has 1 aliphatic carbocycles. The average molecular weight is 351 g/mol. The van der Waals surface area contributed by atoms with Crippen LogP contribution >= 0.6 is 22.7 Å². The molecule has 0 aliphatic heterocycles. The highest BCUT2D eigenvalue weighted by Crippen LogP contribution is 2.28.